The maximum atomic E-state index is 12.3. The quantitative estimate of drug-likeness (QED) is 0.750. The van der Waals surface area contributed by atoms with E-state index >= 15 is 0 Å². The van der Waals surface area contributed by atoms with Gasteiger partial charge in [0.1, 0.15) is 0 Å². The minimum absolute atomic E-state index is 0.430. The van der Waals surface area contributed by atoms with Gasteiger partial charge in [0, 0.05) is 0 Å². The normalized spacial score (nSPS) is 16.8. The fourth-order valence-electron chi connectivity index (χ4n) is 1.21. The highest BCUT2D eigenvalue weighted by Crippen LogP contribution is 2.37. The van der Waals surface area contributed by atoms with E-state index < -0.39 is 36.5 Å². The van der Waals surface area contributed by atoms with Gasteiger partial charge in [-0.3, -0.25) is 4.79 Å². The molecule has 0 radical (unpaired) electrons. The van der Waals surface area contributed by atoms with Crippen LogP contribution in [0.25, 0.3) is 0 Å². The van der Waals surface area contributed by atoms with Gasteiger partial charge >= 0.3 is 12.1 Å². The van der Waals surface area contributed by atoms with Crippen LogP contribution in [0.5, 0.6) is 0 Å². The minimum Gasteiger partial charge on any atom is -0.481 e. The van der Waals surface area contributed by atoms with E-state index in [2.05, 4.69) is 0 Å². The van der Waals surface area contributed by atoms with Gasteiger partial charge in [-0.25, -0.2) is 0 Å². The number of carbonyl (C=O) groups is 1. The summed E-state index contributed by atoms with van der Waals surface area (Å²) in [5.41, 5.74) is -3.12. The molecule has 0 bridgehead atoms. The van der Waals surface area contributed by atoms with Crippen molar-refractivity contribution in [3.8, 4) is 0 Å². The van der Waals surface area contributed by atoms with E-state index in [0.717, 1.165) is 0 Å². The van der Waals surface area contributed by atoms with Crippen molar-refractivity contribution in [3.63, 3.8) is 0 Å². The molecular formula is C8H13F3O3. The van der Waals surface area contributed by atoms with Crippen molar-refractivity contribution in [2.75, 3.05) is 0 Å². The second kappa shape index (κ2) is 4.16. The Kier molecular flexibility index (Phi) is 3.93. The number of carboxylic acid groups (broad SMARTS) is 1. The topological polar surface area (TPSA) is 57.5 Å². The first-order valence-corrected chi connectivity index (χ1v) is 4.09. The average molecular weight is 214 g/mol. The second-order valence-corrected chi connectivity index (χ2v) is 3.70. The highest BCUT2D eigenvalue weighted by atomic mass is 19.4. The third-order valence-electron chi connectivity index (χ3n) is 1.72. The Labute approximate surface area is 79.5 Å². The summed E-state index contributed by atoms with van der Waals surface area (Å²) in [7, 11) is 0. The maximum Gasteiger partial charge on any atom is 0.417 e. The molecular weight excluding hydrogens is 201 g/mol. The molecule has 0 saturated carbocycles. The van der Waals surface area contributed by atoms with Gasteiger partial charge in [0.15, 0.2) is 5.60 Å². The molecule has 0 spiro atoms. The zero-order valence-electron chi connectivity index (χ0n) is 7.93. The number of carboxylic acids is 1. The molecule has 0 aliphatic heterocycles. The lowest BCUT2D eigenvalue weighted by molar-refractivity contribution is -0.267. The summed E-state index contributed by atoms with van der Waals surface area (Å²) in [5, 5.41) is 17.4. The van der Waals surface area contributed by atoms with Crippen LogP contribution in [0.1, 0.15) is 26.7 Å². The molecule has 0 saturated heterocycles. The van der Waals surface area contributed by atoms with Gasteiger partial charge in [0.05, 0.1) is 6.42 Å². The number of aliphatic carboxylic acids is 1. The van der Waals surface area contributed by atoms with Crippen LogP contribution in [-0.4, -0.2) is 28.0 Å². The van der Waals surface area contributed by atoms with E-state index in [0.29, 0.717) is 0 Å². The van der Waals surface area contributed by atoms with E-state index in [-0.39, 0.29) is 0 Å². The smallest absolute Gasteiger partial charge is 0.417 e. The molecule has 0 aliphatic carbocycles. The lowest BCUT2D eigenvalue weighted by Crippen LogP contribution is -2.47. The third kappa shape index (κ3) is 3.53. The summed E-state index contributed by atoms with van der Waals surface area (Å²) in [6.45, 7) is 2.97. The first kappa shape index (κ1) is 13.2. The lowest BCUT2D eigenvalue weighted by Gasteiger charge is -2.30. The molecule has 0 aromatic heterocycles. The summed E-state index contributed by atoms with van der Waals surface area (Å²) in [6.07, 6.45) is -6.83. The summed E-state index contributed by atoms with van der Waals surface area (Å²) in [5.74, 6) is -2.09. The van der Waals surface area contributed by atoms with Crippen LogP contribution in [0.2, 0.25) is 0 Å². The molecule has 84 valence electrons. The van der Waals surface area contributed by atoms with Crippen LogP contribution < -0.4 is 0 Å². The summed E-state index contributed by atoms with van der Waals surface area (Å²) >= 11 is 0. The predicted molar refractivity (Wildman–Crippen MR) is 42.7 cm³/mol. The zero-order valence-corrected chi connectivity index (χ0v) is 7.93. The molecule has 1 unspecified atom stereocenters. The van der Waals surface area contributed by atoms with Crippen LogP contribution in [0, 0.1) is 5.92 Å². The van der Waals surface area contributed by atoms with Gasteiger partial charge in [-0.15, -0.1) is 0 Å². The Hall–Kier alpha value is -0.780. The molecule has 0 aromatic carbocycles. The lowest BCUT2D eigenvalue weighted by atomic mass is 9.89. The molecule has 1 atom stereocenters. The van der Waals surface area contributed by atoms with E-state index in [1.807, 2.05) is 0 Å². The van der Waals surface area contributed by atoms with E-state index in [1.54, 1.807) is 0 Å². The molecule has 0 aromatic rings. The zero-order chi connectivity index (χ0) is 11.6. The second-order valence-electron chi connectivity index (χ2n) is 3.70. The average Bonchev–Trinajstić information content (AvgIpc) is 1.78. The molecule has 6 heteroatoms. The van der Waals surface area contributed by atoms with Gasteiger partial charge in [-0.2, -0.15) is 13.2 Å². The van der Waals surface area contributed by atoms with Crippen molar-refractivity contribution in [1.82, 2.24) is 0 Å². The maximum absolute atomic E-state index is 12.3. The summed E-state index contributed by atoms with van der Waals surface area (Å²) < 4.78 is 36.9. The number of hydrogen-bond donors (Lipinski definition) is 2. The molecule has 0 heterocycles. The number of hydrogen-bond acceptors (Lipinski definition) is 2. The van der Waals surface area contributed by atoms with Crippen LogP contribution in [-0.2, 0) is 4.79 Å². The molecule has 0 amide bonds. The summed E-state index contributed by atoms with van der Waals surface area (Å²) in [6, 6.07) is 0. The van der Waals surface area contributed by atoms with Crippen LogP contribution in [0.4, 0.5) is 13.2 Å². The Morgan fingerprint density at radius 2 is 1.79 bits per heavy atom. The van der Waals surface area contributed by atoms with E-state index in [9.17, 15) is 23.1 Å². The van der Waals surface area contributed by atoms with E-state index in [1.165, 1.54) is 13.8 Å². The SMILES string of the molecule is CC(C)CC(O)(CC(=O)O)C(F)(F)F. The van der Waals surface area contributed by atoms with Crippen LogP contribution in [0.15, 0.2) is 0 Å². The van der Waals surface area contributed by atoms with E-state index in [4.69, 9.17) is 5.11 Å². The standard InChI is InChI=1S/C8H13F3O3/c1-5(2)3-7(14,4-6(12)13)8(9,10)11/h5,14H,3-4H2,1-2H3,(H,12,13). The van der Waals surface area contributed by atoms with Gasteiger partial charge in [0.2, 0.25) is 0 Å². The number of aliphatic hydroxyl groups is 1. The molecule has 14 heavy (non-hydrogen) atoms. The highest BCUT2D eigenvalue weighted by Gasteiger charge is 2.54. The Morgan fingerprint density at radius 3 is 2.00 bits per heavy atom. The predicted octanol–water partition coefficient (Wildman–Crippen LogP) is 1.80. The summed E-state index contributed by atoms with van der Waals surface area (Å²) in [4.78, 5) is 10.2. The third-order valence-corrected chi connectivity index (χ3v) is 1.72. The van der Waals surface area contributed by atoms with Gasteiger partial charge in [-0.1, -0.05) is 13.8 Å². The van der Waals surface area contributed by atoms with Crippen LogP contribution in [0.3, 0.4) is 0 Å². The van der Waals surface area contributed by atoms with Crippen molar-refractivity contribution in [1.29, 1.82) is 0 Å². The van der Waals surface area contributed by atoms with Crippen molar-refractivity contribution < 1.29 is 28.2 Å². The highest BCUT2D eigenvalue weighted by molar-refractivity contribution is 5.68. The van der Waals surface area contributed by atoms with Crippen molar-refractivity contribution in [2.45, 2.75) is 38.5 Å². The molecule has 0 aliphatic rings. The number of rotatable bonds is 4. The first-order chi connectivity index (χ1) is 6.08. The number of halogens is 3. The first-order valence-electron chi connectivity index (χ1n) is 4.09. The fourth-order valence-corrected chi connectivity index (χ4v) is 1.21. The Balaban J connectivity index is 4.76. The van der Waals surface area contributed by atoms with Gasteiger partial charge < -0.3 is 10.2 Å². The van der Waals surface area contributed by atoms with Crippen molar-refractivity contribution >= 4 is 5.97 Å². The number of alkyl halides is 3. The molecule has 3 nitrogen and oxygen atoms in total. The van der Waals surface area contributed by atoms with Gasteiger partial charge in [-0.05, 0) is 12.3 Å². The van der Waals surface area contributed by atoms with Crippen molar-refractivity contribution in [3.05, 3.63) is 0 Å². The minimum atomic E-state index is -4.91. The Bertz CT molecular complexity index is 212. The molecule has 0 rings (SSSR count). The van der Waals surface area contributed by atoms with Crippen LogP contribution >= 0.6 is 0 Å². The fraction of sp³-hybridized carbons (Fsp3) is 0.875. The Morgan fingerprint density at radius 1 is 1.36 bits per heavy atom. The molecule has 2 N–H and O–H groups in total. The van der Waals surface area contributed by atoms with Gasteiger partial charge in [0.25, 0.3) is 0 Å². The monoisotopic (exact) mass is 214 g/mol. The van der Waals surface area contributed by atoms with Crippen molar-refractivity contribution in [2.24, 2.45) is 5.92 Å². The molecule has 0 fully saturated rings. The largest absolute Gasteiger partial charge is 0.481 e.